The summed E-state index contributed by atoms with van der Waals surface area (Å²) in [6.07, 6.45) is 0. The molecular weight excluding hydrogens is 467 g/mol. The Morgan fingerprint density at radius 3 is 2.58 bits per heavy atom. The first kappa shape index (κ1) is 24.7. The van der Waals surface area contributed by atoms with Crippen LogP contribution in [0.4, 0.5) is 10.1 Å². The molecule has 0 saturated carbocycles. The maximum absolute atomic E-state index is 13.1. The van der Waals surface area contributed by atoms with E-state index in [2.05, 4.69) is 5.32 Å². The smallest absolute Gasteiger partial charge is 0.265 e. The van der Waals surface area contributed by atoms with Crippen molar-refractivity contribution in [2.45, 2.75) is 19.5 Å². The number of hydrogen-bond donors (Lipinski definition) is 1. The van der Waals surface area contributed by atoms with Crippen LogP contribution in [0, 0.1) is 5.82 Å². The van der Waals surface area contributed by atoms with E-state index in [9.17, 15) is 18.8 Å². The Bertz CT molecular complexity index is 1280. The molecule has 4 rings (SSSR count). The Balaban J connectivity index is 1.47. The van der Waals surface area contributed by atoms with Crippen LogP contribution < -0.4 is 24.4 Å². The average molecular weight is 493 g/mol. The number of ether oxygens (including phenoxy) is 3. The maximum Gasteiger partial charge on any atom is 0.265 e. The molecule has 0 spiro atoms. The van der Waals surface area contributed by atoms with Crippen LogP contribution in [-0.4, -0.2) is 44.0 Å². The van der Waals surface area contributed by atoms with Gasteiger partial charge in [-0.05, 0) is 55.0 Å². The number of nitrogens with one attached hydrogen (secondary N) is 1. The van der Waals surface area contributed by atoms with Gasteiger partial charge in [-0.2, -0.15) is 0 Å². The van der Waals surface area contributed by atoms with Crippen molar-refractivity contribution in [1.29, 1.82) is 0 Å². The predicted octanol–water partition coefficient (Wildman–Crippen LogP) is 3.53. The van der Waals surface area contributed by atoms with Crippen LogP contribution in [0.2, 0.25) is 0 Å². The van der Waals surface area contributed by atoms with Gasteiger partial charge in [-0.15, -0.1) is 0 Å². The molecule has 0 unspecified atom stereocenters. The Morgan fingerprint density at radius 1 is 1.08 bits per heavy atom. The minimum absolute atomic E-state index is 0.176. The molecule has 0 bridgehead atoms. The summed E-state index contributed by atoms with van der Waals surface area (Å²) in [5.74, 6) is -0.0278. The molecule has 0 aliphatic carbocycles. The zero-order chi connectivity index (χ0) is 25.7. The molecule has 9 heteroatoms. The zero-order valence-electron chi connectivity index (χ0n) is 19.8. The highest BCUT2D eigenvalue weighted by Gasteiger charge is 2.33. The maximum atomic E-state index is 13.1. The fourth-order valence-electron chi connectivity index (χ4n) is 3.75. The lowest BCUT2D eigenvalue weighted by atomic mass is 10.1. The fraction of sp³-hybridized carbons (Fsp3) is 0.222. The van der Waals surface area contributed by atoms with Gasteiger partial charge >= 0.3 is 0 Å². The van der Waals surface area contributed by atoms with Crippen molar-refractivity contribution in [2.75, 3.05) is 25.2 Å². The molecule has 1 aliphatic heterocycles. The Hall–Kier alpha value is -4.40. The third kappa shape index (κ3) is 5.63. The summed E-state index contributed by atoms with van der Waals surface area (Å²) in [5.41, 5.74) is 1.34. The molecule has 0 saturated heterocycles. The van der Waals surface area contributed by atoms with E-state index in [0.717, 1.165) is 5.56 Å². The molecule has 1 atom stereocenters. The largest absolute Gasteiger partial charge is 0.497 e. The van der Waals surface area contributed by atoms with E-state index in [1.165, 1.54) is 30.2 Å². The fourth-order valence-corrected chi connectivity index (χ4v) is 3.75. The number of benzene rings is 3. The normalized spacial score (nSPS) is 13.3. The van der Waals surface area contributed by atoms with Gasteiger partial charge in [-0.3, -0.25) is 19.3 Å². The number of halogens is 1. The second kappa shape index (κ2) is 10.9. The van der Waals surface area contributed by atoms with Crippen molar-refractivity contribution in [1.82, 2.24) is 5.32 Å². The number of nitrogens with zero attached hydrogens (tertiary/aromatic N) is 1. The highest BCUT2D eigenvalue weighted by atomic mass is 19.1. The number of Topliss-reactive ketones (excluding diaryl/α,β-unsaturated/α-hetero) is 1. The number of amides is 2. The molecule has 36 heavy (non-hydrogen) atoms. The lowest BCUT2D eigenvalue weighted by molar-refractivity contribution is -0.127. The third-order valence-electron chi connectivity index (χ3n) is 5.72. The second-order valence-corrected chi connectivity index (χ2v) is 8.15. The Labute approximate surface area is 207 Å². The predicted molar refractivity (Wildman–Crippen MR) is 130 cm³/mol. The first-order chi connectivity index (χ1) is 17.4. The molecule has 186 valence electrons. The Kier molecular flexibility index (Phi) is 7.48. The Morgan fingerprint density at radius 2 is 1.83 bits per heavy atom. The first-order valence-electron chi connectivity index (χ1n) is 11.3. The van der Waals surface area contributed by atoms with Crippen molar-refractivity contribution >= 4 is 23.3 Å². The second-order valence-electron chi connectivity index (χ2n) is 8.15. The molecular formula is C27H25FN2O6. The lowest BCUT2D eigenvalue weighted by Gasteiger charge is -2.33. The van der Waals surface area contributed by atoms with E-state index in [4.69, 9.17) is 14.2 Å². The van der Waals surface area contributed by atoms with Gasteiger partial charge in [-0.1, -0.05) is 18.2 Å². The summed E-state index contributed by atoms with van der Waals surface area (Å²) < 4.78 is 29.4. The molecule has 1 N–H and O–H groups in total. The van der Waals surface area contributed by atoms with Gasteiger partial charge in [0.15, 0.2) is 19.0 Å². The van der Waals surface area contributed by atoms with Crippen LogP contribution in [0.3, 0.4) is 0 Å². The number of carbonyl (C=O) groups excluding carboxylic acids is 3. The van der Waals surface area contributed by atoms with Gasteiger partial charge in [0, 0.05) is 18.2 Å². The molecule has 2 amide bonds. The van der Waals surface area contributed by atoms with Crippen molar-refractivity contribution in [3.8, 4) is 17.2 Å². The van der Waals surface area contributed by atoms with Crippen molar-refractivity contribution in [2.24, 2.45) is 0 Å². The SMILES string of the molecule is COc1cccc(OCC(=O)c2ccc3c(c2)N([C@@H](C)C(=O)NCc2ccc(F)cc2)C(=O)CO3)c1. The summed E-state index contributed by atoms with van der Waals surface area (Å²) in [6.45, 7) is 1.31. The van der Waals surface area contributed by atoms with Gasteiger partial charge in [0.25, 0.3) is 5.91 Å². The number of carbonyl (C=O) groups is 3. The van der Waals surface area contributed by atoms with Crippen molar-refractivity contribution in [3.05, 3.63) is 83.7 Å². The number of ketones is 1. The number of anilines is 1. The van der Waals surface area contributed by atoms with Crippen LogP contribution in [-0.2, 0) is 16.1 Å². The molecule has 0 aromatic heterocycles. The molecule has 8 nitrogen and oxygen atoms in total. The van der Waals surface area contributed by atoms with Crippen LogP contribution >= 0.6 is 0 Å². The van der Waals surface area contributed by atoms with Gasteiger partial charge in [-0.25, -0.2) is 4.39 Å². The van der Waals surface area contributed by atoms with Crippen molar-refractivity contribution in [3.63, 3.8) is 0 Å². The van der Waals surface area contributed by atoms with Crippen LogP contribution in [0.1, 0.15) is 22.8 Å². The van der Waals surface area contributed by atoms with Gasteiger partial charge in [0.1, 0.15) is 29.1 Å². The third-order valence-corrected chi connectivity index (χ3v) is 5.72. The van der Waals surface area contributed by atoms with Gasteiger partial charge < -0.3 is 19.5 Å². The van der Waals surface area contributed by atoms with E-state index in [-0.39, 0.29) is 31.4 Å². The minimum Gasteiger partial charge on any atom is -0.497 e. The van der Waals surface area contributed by atoms with E-state index in [1.54, 1.807) is 55.5 Å². The number of rotatable bonds is 9. The first-order valence-corrected chi connectivity index (χ1v) is 11.3. The molecule has 0 fully saturated rings. The zero-order valence-corrected chi connectivity index (χ0v) is 19.8. The molecule has 1 heterocycles. The molecule has 3 aromatic carbocycles. The van der Waals surface area contributed by atoms with Gasteiger partial charge in [0.2, 0.25) is 5.91 Å². The van der Waals surface area contributed by atoms with E-state index >= 15 is 0 Å². The van der Waals surface area contributed by atoms with E-state index in [1.807, 2.05) is 0 Å². The molecule has 0 radical (unpaired) electrons. The summed E-state index contributed by atoms with van der Waals surface area (Å²) in [5, 5.41) is 2.76. The monoisotopic (exact) mass is 492 g/mol. The summed E-state index contributed by atoms with van der Waals surface area (Å²) in [6, 6.07) is 16.5. The molecule has 3 aromatic rings. The molecule has 1 aliphatic rings. The summed E-state index contributed by atoms with van der Waals surface area (Å²) in [7, 11) is 1.54. The van der Waals surface area contributed by atoms with Crippen molar-refractivity contribution < 1.29 is 33.0 Å². The topological polar surface area (TPSA) is 94.2 Å². The standard InChI is InChI=1S/C27H25FN2O6/c1-17(27(33)29-14-18-6-9-20(28)10-7-18)30-23-12-19(8-11-25(23)36-16-26(30)32)24(31)15-35-22-5-3-4-21(13-22)34-2/h3-13,17H,14-16H2,1-2H3,(H,29,33)/t17-/m0/s1. The highest BCUT2D eigenvalue weighted by Crippen LogP contribution is 2.34. The highest BCUT2D eigenvalue weighted by molar-refractivity contribution is 6.05. The lowest BCUT2D eigenvalue weighted by Crippen LogP contribution is -2.51. The summed E-state index contributed by atoms with van der Waals surface area (Å²) in [4.78, 5) is 39.7. The quantitative estimate of drug-likeness (QED) is 0.460. The van der Waals surface area contributed by atoms with Gasteiger partial charge in [0.05, 0.1) is 12.8 Å². The van der Waals surface area contributed by atoms with E-state index < -0.39 is 17.9 Å². The minimum atomic E-state index is -0.876. The number of hydrogen-bond acceptors (Lipinski definition) is 6. The number of fused-ring (bicyclic) bond motifs is 1. The summed E-state index contributed by atoms with van der Waals surface area (Å²) >= 11 is 0. The average Bonchev–Trinajstić information content (AvgIpc) is 2.90. The van der Waals surface area contributed by atoms with E-state index in [0.29, 0.717) is 28.5 Å². The van der Waals surface area contributed by atoms with Crippen LogP contribution in [0.5, 0.6) is 17.2 Å². The van der Waals surface area contributed by atoms with Crippen LogP contribution in [0.15, 0.2) is 66.7 Å². The van der Waals surface area contributed by atoms with Crippen LogP contribution in [0.25, 0.3) is 0 Å². The number of methoxy groups -OCH3 is 1.